The molecule has 2 rings (SSSR count). The molecule has 1 aromatic heterocycles. The molecule has 0 atom stereocenters. The highest BCUT2D eigenvalue weighted by Crippen LogP contribution is 2.18. The summed E-state index contributed by atoms with van der Waals surface area (Å²) in [5.74, 6) is 0. The number of halogens is 1. The first-order chi connectivity index (χ1) is 9.88. The van der Waals surface area contributed by atoms with Gasteiger partial charge < -0.3 is 0 Å². The van der Waals surface area contributed by atoms with Crippen LogP contribution in [0.4, 0.5) is 0 Å². The van der Waals surface area contributed by atoms with Crippen LogP contribution in [-0.4, -0.2) is 24.8 Å². The van der Waals surface area contributed by atoms with Gasteiger partial charge in [-0.25, -0.2) is 13.4 Å². The highest BCUT2D eigenvalue weighted by molar-refractivity contribution is 7.92. The molecule has 0 N–H and O–H groups in total. The third-order valence-electron chi connectivity index (χ3n) is 2.81. The summed E-state index contributed by atoms with van der Waals surface area (Å²) in [6.45, 7) is 2.14. The van der Waals surface area contributed by atoms with E-state index in [1.165, 1.54) is 28.8 Å². The molecule has 1 heterocycles. The average molecular weight is 343 g/mol. The van der Waals surface area contributed by atoms with Crippen molar-refractivity contribution >= 4 is 39.0 Å². The molecule has 21 heavy (non-hydrogen) atoms. The zero-order valence-corrected chi connectivity index (χ0v) is 14.0. The second-order valence-electron chi connectivity index (χ2n) is 4.48. The summed E-state index contributed by atoms with van der Waals surface area (Å²) in [6, 6.07) is 7.08. The molecule has 0 amide bonds. The minimum Gasteiger partial charge on any atom is -0.245 e. The van der Waals surface area contributed by atoms with Crippen molar-refractivity contribution in [1.29, 1.82) is 0 Å². The Morgan fingerprint density at radius 2 is 2.10 bits per heavy atom. The Labute approximate surface area is 133 Å². The lowest BCUT2D eigenvalue weighted by Gasteiger charge is -2.12. The predicted molar refractivity (Wildman–Crippen MR) is 87.7 cm³/mol. The number of hydrogen-bond donors (Lipinski definition) is 0. The molecule has 0 aliphatic heterocycles. The third kappa shape index (κ3) is 4.38. The van der Waals surface area contributed by atoms with Gasteiger partial charge in [-0.2, -0.15) is 4.31 Å². The van der Waals surface area contributed by atoms with E-state index < -0.39 is 10.0 Å². The first kappa shape index (κ1) is 16.2. The van der Waals surface area contributed by atoms with Gasteiger partial charge in [0.25, 0.3) is 0 Å². The fourth-order valence-electron chi connectivity index (χ4n) is 1.67. The second kappa shape index (κ2) is 6.70. The summed E-state index contributed by atoms with van der Waals surface area (Å²) in [5, 5.41) is 4.45. The number of thiazole rings is 1. The quantitative estimate of drug-likeness (QED) is 0.835. The van der Waals surface area contributed by atoms with Crippen LogP contribution in [0.1, 0.15) is 16.3 Å². The van der Waals surface area contributed by atoms with E-state index in [0.717, 1.165) is 16.1 Å². The van der Waals surface area contributed by atoms with Gasteiger partial charge in [0.05, 0.1) is 17.2 Å². The van der Waals surface area contributed by atoms with Gasteiger partial charge in [0.2, 0.25) is 10.0 Å². The molecular formula is C14H15ClN2O2S2. The van der Waals surface area contributed by atoms with Crippen molar-refractivity contribution in [1.82, 2.24) is 9.29 Å². The van der Waals surface area contributed by atoms with Gasteiger partial charge in [-0.1, -0.05) is 29.8 Å². The van der Waals surface area contributed by atoms with E-state index in [9.17, 15) is 8.42 Å². The van der Waals surface area contributed by atoms with Crippen LogP contribution in [0, 0.1) is 6.92 Å². The molecule has 4 nitrogen and oxygen atoms in total. The number of aromatic nitrogens is 1. The average Bonchev–Trinajstić information content (AvgIpc) is 2.83. The molecule has 0 radical (unpaired) electrons. The van der Waals surface area contributed by atoms with Gasteiger partial charge >= 0.3 is 0 Å². The Hall–Kier alpha value is -1.21. The van der Waals surface area contributed by atoms with E-state index in [4.69, 9.17) is 11.6 Å². The molecule has 7 heteroatoms. The normalized spacial score (nSPS) is 12.4. The first-order valence-electron chi connectivity index (χ1n) is 6.18. The Balaban J connectivity index is 2.12. The monoisotopic (exact) mass is 342 g/mol. The molecular weight excluding hydrogens is 328 g/mol. The van der Waals surface area contributed by atoms with Gasteiger partial charge in [0, 0.05) is 22.9 Å². The smallest absolute Gasteiger partial charge is 0.236 e. The molecule has 0 aliphatic carbocycles. The van der Waals surface area contributed by atoms with Crippen molar-refractivity contribution < 1.29 is 8.42 Å². The molecule has 0 unspecified atom stereocenters. The predicted octanol–water partition coefficient (Wildman–Crippen LogP) is 3.54. The van der Waals surface area contributed by atoms with Crippen LogP contribution in [0.25, 0.3) is 6.08 Å². The molecule has 1 aromatic carbocycles. The largest absolute Gasteiger partial charge is 0.245 e. The summed E-state index contributed by atoms with van der Waals surface area (Å²) in [6.07, 6.45) is 1.50. The van der Waals surface area contributed by atoms with E-state index in [-0.39, 0.29) is 6.54 Å². The second-order valence-corrected chi connectivity index (χ2v) is 7.88. The number of rotatable bonds is 5. The van der Waals surface area contributed by atoms with Gasteiger partial charge in [0.1, 0.15) is 0 Å². The van der Waals surface area contributed by atoms with Crippen LogP contribution in [0.15, 0.2) is 35.1 Å². The van der Waals surface area contributed by atoms with Gasteiger partial charge in [-0.15, -0.1) is 11.3 Å². The molecule has 0 saturated carbocycles. The number of sulfonamides is 1. The number of hydrogen-bond acceptors (Lipinski definition) is 4. The zero-order chi connectivity index (χ0) is 15.5. The maximum absolute atomic E-state index is 12.2. The summed E-state index contributed by atoms with van der Waals surface area (Å²) in [4.78, 5) is 4.26. The van der Waals surface area contributed by atoms with E-state index in [0.29, 0.717) is 10.6 Å². The van der Waals surface area contributed by atoms with Crippen molar-refractivity contribution in [2.24, 2.45) is 0 Å². The molecule has 0 fully saturated rings. The third-order valence-corrected chi connectivity index (χ3v) is 5.45. The SMILES string of the molecule is Cc1nc(CN(C)S(=O)(=O)/C=C/c2ccccc2Cl)cs1. The zero-order valence-electron chi connectivity index (χ0n) is 11.7. The maximum Gasteiger partial charge on any atom is 0.236 e. The van der Waals surface area contributed by atoms with Crippen LogP contribution in [-0.2, 0) is 16.6 Å². The Morgan fingerprint density at radius 1 is 1.38 bits per heavy atom. The van der Waals surface area contributed by atoms with Crippen LogP contribution in [0.2, 0.25) is 5.02 Å². The minimum absolute atomic E-state index is 0.250. The lowest BCUT2D eigenvalue weighted by molar-refractivity contribution is 0.471. The number of benzene rings is 1. The fraction of sp³-hybridized carbons (Fsp3) is 0.214. The van der Waals surface area contributed by atoms with Crippen molar-refractivity contribution in [3.8, 4) is 0 Å². The van der Waals surface area contributed by atoms with Crippen LogP contribution < -0.4 is 0 Å². The maximum atomic E-state index is 12.2. The van der Waals surface area contributed by atoms with Crippen molar-refractivity contribution in [2.45, 2.75) is 13.5 Å². The highest BCUT2D eigenvalue weighted by atomic mass is 35.5. The summed E-state index contributed by atoms with van der Waals surface area (Å²) in [7, 11) is -1.98. The Bertz CT molecular complexity index is 754. The minimum atomic E-state index is -3.51. The van der Waals surface area contributed by atoms with Gasteiger partial charge in [0.15, 0.2) is 0 Å². The summed E-state index contributed by atoms with van der Waals surface area (Å²) >= 11 is 7.50. The van der Waals surface area contributed by atoms with Crippen molar-refractivity contribution in [2.75, 3.05) is 7.05 Å². The standard InChI is InChI=1S/C14H15ClN2O2S2/c1-11-16-13(10-20-11)9-17(2)21(18,19)8-7-12-5-3-4-6-14(12)15/h3-8,10H,9H2,1-2H3/b8-7+. The topological polar surface area (TPSA) is 50.3 Å². The highest BCUT2D eigenvalue weighted by Gasteiger charge is 2.15. The number of nitrogens with zero attached hydrogens (tertiary/aromatic N) is 2. The first-order valence-corrected chi connectivity index (χ1v) is 8.94. The summed E-state index contributed by atoms with van der Waals surface area (Å²) < 4.78 is 25.7. The summed E-state index contributed by atoms with van der Waals surface area (Å²) in [5.41, 5.74) is 1.41. The van der Waals surface area contributed by atoms with Gasteiger partial charge in [-0.3, -0.25) is 0 Å². The molecule has 112 valence electrons. The van der Waals surface area contributed by atoms with Gasteiger partial charge in [-0.05, 0) is 24.6 Å². The Morgan fingerprint density at radius 3 is 2.71 bits per heavy atom. The number of aryl methyl sites for hydroxylation is 1. The molecule has 0 spiro atoms. The molecule has 0 aliphatic rings. The van der Waals surface area contributed by atoms with E-state index in [1.54, 1.807) is 24.3 Å². The molecule has 0 bridgehead atoms. The van der Waals surface area contributed by atoms with E-state index in [2.05, 4.69) is 4.98 Å². The molecule has 0 saturated heterocycles. The Kier molecular flexibility index (Phi) is 5.16. The lowest BCUT2D eigenvalue weighted by Crippen LogP contribution is -2.24. The van der Waals surface area contributed by atoms with Crippen LogP contribution in [0.5, 0.6) is 0 Å². The van der Waals surface area contributed by atoms with Crippen LogP contribution in [0.3, 0.4) is 0 Å². The van der Waals surface area contributed by atoms with Crippen LogP contribution >= 0.6 is 22.9 Å². The fourth-order valence-corrected chi connectivity index (χ4v) is 3.31. The van der Waals surface area contributed by atoms with Crippen molar-refractivity contribution in [3.63, 3.8) is 0 Å². The molecule has 2 aromatic rings. The van der Waals surface area contributed by atoms with E-state index >= 15 is 0 Å². The van der Waals surface area contributed by atoms with Crippen molar-refractivity contribution in [3.05, 3.63) is 56.3 Å². The van der Waals surface area contributed by atoms with E-state index in [1.807, 2.05) is 12.3 Å². The lowest BCUT2D eigenvalue weighted by atomic mass is 10.2.